The van der Waals surface area contributed by atoms with Crippen molar-refractivity contribution in [3.8, 4) is 17.2 Å². The molecule has 2 amide bonds. The Labute approximate surface area is 153 Å². The number of carbonyl (C=O) groups excluding carboxylic acids is 2. The van der Waals surface area contributed by atoms with Crippen molar-refractivity contribution in [1.82, 2.24) is 31.1 Å². The highest BCUT2D eigenvalue weighted by molar-refractivity contribution is 5.99. The molecule has 1 aliphatic rings. The van der Waals surface area contributed by atoms with Crippen LogP contribution in [0.5, 0.6) is 11.5 Å². The van der Waals surface area contributed by atoms with Gasteiger partial charge in [0.15, 0.2) is 11.5 Å². The highest BCUT2D eigenvalue weighted by Gasteiger charge is 2.16. The maximum atomic E-state index is 12.3. The maximum Gasteiger partial charge on any atom is 0.269 e. The number of nitrogens with zero attached hydrogens (tertiary/aromatic N) is 4. The van der Waals surface area contributed by atoms with Crippen LogP contribution in [0.15, 0.2) is 48.8 Å². The lowest BCUT2D eigenvalue weighted by Crippen LogP contribution is -2.41. The second-order valence-corrected chi connectivity index (χ2v) is 5.57. The Hall–Kier alpha value is -3.95. The molecule has 1 aromatic heterocycles. The summed E-state index contributed by atoms with van der Waals surface area (Å²) in [4.78, 5) is 24.6. The molecule has 1 aliphatic heterocycles. The zero-order chi connectivity index (χ0) is 18.6. The Balaban J connectivity index is 1.42. The van der Waals surface area contributed by atoms with Crippen molar-refractivity contribution in [2.24, 2.45) is 0 Å². The molecule has 0 saturated heterocycles. The van der Waals surface area contributed by atoms with Gasteiger partial charge in [-0.05, 0) is 46.8 Å². The van der Waals surface area contributed by atoms with E-state index in [1.54, 1.807) is 42.5 Å². The van der Waals surface area contributed by atoms with Gasteiger partial charge >= 0.3 is 0 Å². The summed E-state index contributed by atoms with van der Waals surface area (Å²) in [6.45, 7) is 0.894. The lowest BCUT2D eigenvalue weighted by atomic mass is 10.2. The Morgan fingerprint density at radius 1 is 0.926 bits per heavy atom. The second-order valence-electron chi connectivity index (χ2n) is 5.57. The quantitative estimate of drug-likeness (QED) is 0.648. The van der Waals surface area contributed by atoms with Gasteiger partial charge in [-0.25, -0.2) is 4.68 Å². The average Bonchev–Trinajstić information content (AvgIpc) is 3.26. The molecule has 0 unspecified atom stereocenters. The van der Waals surface area contributed by atoms with Crippen molar-refractivity contribution in [3.63, 3.8) is 0 Å². The third-order valence-corrected chi connectivity index (χ3v) is 3.82. The van der Waals surface area contributed by atoms with Gasteiger partial charge < -0.3 is 9.47 Å². The molecule has 10 heteroatoms. The minimum absolute atomic E-state index is 0.335. The molecule has 2 N–H and O–H groups in total. The van der Waals surface area contributed by atoms with Crippen molar-refractivity contribution < 1.29 is 19.1 Å². The number of benzene rings is 2. The van der Waals surface area contributed by atoms with E-state index in [0.717, 1.165) is 0 Å². The van der Waals surface area contributed by atoms with E-state index >= 15 is 0 Å². The van der Waals surface area contributed by atoms with Crippen molar-refractivity contribution in [1.29, 1.82) is 0 Å². The van der Waals surface area contributed by atoms with E-state index in [0.29, 0.717) is 41.5 Å². The Bertz CT molecular complexity index is 989. The highest BCUT2D eigenvalue weighted by Crippen LogP contribution is 2.30. The van der Waals surface area contributed by atoms with Crippen LogP contribution in [0.3, 0.4) is 0 Å². The van der Waals surface area contributed by atoms with Gasteiger partial charge in [0.25, 0.3) is 11.8 Å². The van der Waals surface area contributed by atoms with E-state index in [1.165, 1.54) is 11.0 Å². The minimum Gasteiger partial charge on any atom is -0.486 e. The monoisotopic (exact) mass is 366 g/mol. The van der Waals surface area contributed by atoms with Gasteiger partial charge in [0.2, 0.25) is 0 Å². The van der Waals surface area contributed by atoms with E-state index in [2.05, 4.69) is 26.4 Å². The summed E-state index contributed by atoms with van der Waals surface area (Å²) in [5, 5.41) is 10.9. The van der Waals surface area contributed by atoms with Crippen molar-refractivity contribution >= 4 is 11.8 Å². The molecule has 0 saturated carbocycles. The molecule has 0 aliphatic carbocycles. The molecular weight excluding hydrogens is 352 g/mol. The van der Waals surface area contributed by atoms with Gasteiger partial charge in [-0.15, -0.1) is 5.10 Å². The Morgan fingerprint density at radius 3 is 2.41 bits per heavy atom. The fraction of sp³-hybridized carbons (Fsp3) is 0.118. The zero-order valence-electron chi connectivity index (χ0n) is 14.0. The number of aromatic nitrogens is 4. The summed E-state index contributed by atoms with van der Waals surface area (Å²) < 4.78 is 12.3. The topological polar surface area (TPSA) is 120 Å². The minimum atomic E-state index is -0.476. The highest BCUT2D eigenvalue weighted by atomic mass is 16.6. The van der Waals surface area contributed by atoms with E-state index < -0.39 is 11.8 Å². The number of ether oxygens (including phenoxy) is 2. The largest absolute Gasteiger partial charge is 0.486 e. The third kappa shape index (κ3) is 3.54. The maximum absolute atomic E-state index is 12.3. The zero-order valence-corrected chi connectivity index (χ0v) is 14.0. The SMILES string of the molecule is O=C(NNC(=O)c1ccc2c(c1)OCCO2)c1cccc(-n2cnnn2)c1. The predicted octanol–water partition coefficient (Wildman–Crippen LogP) is 0.508. The van der Waals surface area contributed by atoms with Gasteiger partial charge in [0, 0.05) is 11.1 Å². The molecule has 0 bridgehead atoms. The number of rotatable bonds is 3. The van der Waals surface area contributed by atoms with Crippen molar-refractivity contribution in [2.75, 3.05) is 13.2 Å². The van der Waals surface area contributed by atoms with Gasteiger partial charge in [0.05, 0.1) is 5.69 Å². The van der Waals surface area contributed by atoms with Gasteiger partial charge in [-0.3, -0.25) is 20.4 Å². The first-order valence-electron chi connectivity index (χ1n) is 8.04. The van der Waals surface area contributed by atoms with Crippen LogP contribution in [0.25, 0.3) is 5.69 Å². The first-order chi connectivity index (χ1) is 13.2. The van der Waals surface area contributed by atoms with E-state index in [-0.39, 0.29) is 0 Å². The van der Waals surface area contributed by atoms with E-state index in [9.17, 15) is 9.59 Å². The molecule has 0 fully saturated rings. The summed E-state index contributed by atoms with van der Waals surface area (Å²) >= 11 is 0. The summed E-state index contributed by atoms with van der Waals surface area (Å²) in [5.41, 5.74) is 6.04. The number of hydrogen-bond donors (Lipinski definition) is 2. The van der Waals surface area contributed by atoms with Crippen LogP contribution in [0.2, 0.25) is 0 Å². The van der Waals surface area contributed by atoms with E-state index in [1.807, 2.05) is 0 Å². The number of nitrogens with one attached hydrogen (secondary N) is 2. The summed E-state index contributed by atoms with van der Waals surface area (Å²) in [6.07, 6.45) is 1.42. The van der Waals surface area contributed by atoms with Crippen LogP contribution in [0.1, 0.15) is 20.7 Å². The Morgan fingerprint density at radius 2 is 1.67 bits per heavy atom. The first-order valence-corrected chi connectivity index (χ1v) is 8.04. The molecule has 0 spiro atoms. The summed E-state index contributed by atoms with van der Waals surface area (Å²) in [7, 11) is 0. The molecule has 2 heterocycles. The number of hydrazine groups is 1. The van der Waals surface area contributed by atoms with Crippen LogP contribution < -0.4 is 20.3 Å². The van der Waals surface area contributed by atoms with Crippen LogP contribution in [-0.4, -0.2) is 45.2 Å². The molecule has 27 heavy (non-hydrogen) atoms. The molecule has 0 radical (unpaired) electrons. The molecule has 2 aromatic carbocycles. The third-order valence-electron chi connectivity index (χ3n) is 3.82. The number of hydrogen-bond acceptors (Lipinski definition) is 7. The summed E-state index contributed by atoms with van der Waals surface area (Å²) in [5.74, 6) is 0.128. The standard InChI is InChI=1S/C17H14N6O4/c24-16(11-2-1-3-13(8-11)23-10-18-21-22-23)19-20-17(25)12-4-5-14-15(9-12)27-7-6-26-14/h1-5,8-10H,6-7H2,(H,19,24)(H,20,25). The predicted molar refractivity (Wildman–Crippen MR) is 91.5 cm³/mol. The molecule has 10 nitrogen and oxygen atoms in total. The lowest BCUT2D eigenvalue weighted by Gasteiger charge is -2.18. The Kier molecular flexibility index (Phi) is 4.35. The fourth-order valence-corrected chi connectivity index (χ4v) is 2.51. The number of fused-ring (bicyclic) bond motifs is 1. The molecule has 0 atom stereocenters. The second kappa shape index (κ2) is 7.12. The van der Waals surface area contributed by atoms with Gasteiger partial charge in [-0.2, -0.15) is 0 Å². The van der Waals surface area contributed by atoms with Gasteiger partial charge in [-0.1, -0.05) is 6.07 Å². The lowest BCUT2D eigenvalue weighted by molar-refractivity contribution is 0.0846. The number of carbonyl (C=O) groups is 2. The van der Waals surface area contributed by atoms with Crippen molar-refractivity contribution in [3.05, 3.63) is 59.9 Å². The normalized spacial score (nSPS) is 12.3. The van der Waals surface area contributed by atoms with Crippen molar-refractivity contribution in [2.45, 2.75) is 0 Å². The van der Waals surface area contributed by atoms with Crippen LogP contribution >= 0.6 is 0 Å². The molecular formula is C17H14N6O4. The molecule has 136 valence electrons. The van der Waals surface area contributed by atoms with E-state index in [4.69, 9.17) is 9.47 Å². The smallest absolute Gasteiger partial charge is 0.269 e. The van der Waals surface area contributed by atoms with Crippen LogP contribution in [-0.2, 0) is 0 Å². The fourth-order valence-electron chi connectivity index (χ4n) is 2.51. The summed E-state index contributed by atoms with van der Waals surface area (Å²) in [6, 6.07) is 11.5. The van der Waals surface area contributed by atoms with Crippen LogP contribution in [0, 0.1) is 0 Å². The molecule has 3 aromatic rings. The van der Waals surface area contributed by atoms with Crippen LogP contribution in [0.4, 0.5) is 0 Å². The number of tetrazole rings is 1. The average molecular weight is 366 g/mol. The first kappa shape index (κ1) is 16.5. The molecule has 4 rings (SSSR count). The van der Waals surface area contributed by atoms with Gasteiger partial charge in [0.1, 0.15) is 19.5 Å². The number of amides is 2.